The van der Waals surface area contributed by atoms with Gasteiger partial charge in [0.05, 0.1) is 12.0 Å². The van der Waals surface area contributed by atoms with Gasteiger partial charge in [0.1, 0.15) is 6.61 Å². The van der Waals surface area contributed by atoms with Crippen LogP contribution in [0.4, 0.5) is 0 Å². The zero-order valence-electron chi connectivity index (χ0n) is 13.6. The van der Waals surface area contributed by atoms with Crippen LogP contribution in [-0.2, 0) is 14.9 Å². The highest BCUT2D eigenvalue weighted by molar-refractivity contribution is 5.80. The Kier molecular flexibility index (Phi) is 5.34. The number of nitrogens with zero attached hydrogens (tertiary/aromatic N) is 1. The zero-order chi connectivity index (χ0) is 16.9. The van der Waals surface area contributed by atoms with Crippen LogP contribution in [0.15, 0.2) is 42.6 Å². The average molecular weight is 315 g/mol. The van der Waals surface area contributed by atoms with Crippen LogP contribution in [0.5, 0.6) is 5.88 Å². The Morgan fingerprint density at radius 1 is 1.09 bits per heavy atom. The van der Waals surface area contributed by atoms with E-state index in [1.807, 2.05) is 30.3 Å². The van der Waals surface area contributed by atoms with Crippen molar-refractivity contribution in [3.8, 4) is 17.0 Å². The zero-order valence-corrected chi connectivity index (χ0v) is 13.6. The summed E-state index contributed by atoms with van der Waals surface area (Å²) in [5, 5.41) is 9.27. The van der Waals surface area contributed by atoms with E-state index in [1.165, 1.54) is 0 Å². The number of carbonyl (C=O) groups is 1. The van der Waals surface area contributed by atoms with Crippen molar-refractivity contribution in [3.63, 3.8) is 0 Å². The minimum Gasteiger partial charge on any atom is -0.481 e. The molecule has 0 saturated carbocycles. The largest absolute Gasteiger partial charge is 0.481 e. The third-order valence-electron chi connectivity index (χ3n) is 3.75. The number of ether oxygens (including phenoxy) is 2. The van der Waals surface area contributed by atoms with Crippen LogP contribution in [0.1, 0.15) is 19.4 Å². The SMILES string of the molecule is COCCOc1ccc(-c2ccc(C(C)(C)C(=O)O)cc2)cn1. The van der Waals surface area contributed by atoms with Gasteiger partial charge in [-0.15, -0.1) is 0 Å². The topological polar surface area (TPSA) is 68.7 Å². The molecule has 0 fully saturated rings. The summed E-state index contributed by atoms with van der Waals surface area (Å²) in [6, 6.07) is 11.2. The summed E-state index contributed by atoms with van der Waals surface area (Å²) < 4.78 is 10.3. The molecule has 0 amide bonds. The van der Waals surface area contributed by atoms with E-state index >= 15 is 0 Å². The van der Waals surface area contributed by atoms with E-state index in [1.54, 1.807) is 33.2 Å². The molecule has 0 aliphatic carbocycles. The first-order valence-electron chi connectivity index (χ1n) is 7.37. The number of methoxy groups -OCH3 is 1. The smallest absolute Gasteiger partial charge is 0.313 e. The van der Waals surface area contributed by atoms with Crippen molar-refractivity contribution in [1.82, 2.24) is 4.98 Å². The Morgan fingerprint density at radius 2 is 1.74 bits per heavy atom. The second-order valence-electron chi connectivity index (χ2n) is 5.73. The fraction of sp³-hybridized carbons (Fsp3) is 0.333. The minimum atomic E-state index is -0.907. The first-order chi connectivity index (χ1) is 10.9. The number of pyridine rings is 1. The predicted molar refractivity (Wildman–Crippen MR) is 87.7 cm³/mol. The van der Waals surface area contributed by atoms with E-state index in [0.29, 0.717) is 19.1 Å². The van der Waals surface area contributed by atoms with E-state index in [-0.39, 0.29) is 0 Å². The normalized spacial score (nSPS) is 11.3. The van der Waals surface area contributed by atoms with Crippen LogP contribution in [0.25, 0.3) is 11.1 Å². The van der Waals surface area contributed by atoms with Crippen molar-refractivity contribution in [3.05, 3.63) is 48.2 Å². The molecule has 2 rings (SSSR count). The maximum Gasteiger partial charge on any atom is 0.313 e. The fourth-order valence-electron chi connectivity index (χ4n) is 2.07. The van der Waals surface area contributed by atoms with Crippen LogP contribution < -0.4 is 4.74 Å². The summed E-state index contributed by atoms with van der Waals surface area (Å²) in [6.45, 7) is 4.36. The van der Waals surface area contributed by atoms with Crippen molar-refractivity contribution < 1.29 is 19.4 Å². The highest BCUT2D eigenvalue weighted by atomic mass is 16.5. The van der Waals surface area contributed by atoms with Crippen LogP contribution in [0, 0.1) is 0 Å². The van der Waals surface area contributed by atoms with Crippen LogP contribution >= 0.6 is 0 Å². The Bertz CT molecular complexity index is 648. The van der Waals surface area contributed by atoms with E-state index < -0.39 is 11.4 Å². The second-order valence-corrected chi connectivity index (χ2v) is 5.73. The van der Waals surface area contributed by atoms with Gasteiger partial charge >= 0.3 is 5.97 Å². The van der Waals surface area contributed by atoms with Crippen LogP contribution in [0.2, 0.25) is 0 Å². The molecule has 1 aromatic carbocycles. The average Bonchev–Trinajstić information content (AvgIpc) is 2.56. The van der Waals surface area contributed by atoms with Gasteiger partial charge < -0.3 is 14.6 Å². The van der Waals surface area contributed by atoms with Crippen molar-refractivity contribution in [2.75, 3.05) is 20.3 Å². The molecule has 0 radical (unpaired) electrons. The summed E-state index contributed by atoms with van der Waals surface area (Å²) in [6.07, 6.45) is 1.74. The maximum atomic E-state index is 11.3. The predicted octanol–water partition coefficient (Wildman–Crippen LogP) is 3.14. The lowest BCUT2D eigenvalue weighted by molar-refractivity contribution is -0.142. The Hall–Kier alpha value is -2.40. The highest BCUT2D eigenvalue weighted by Gasteiger charge is 2.29. The number of aliphatic carboxylic acids is 1. The molecule has 0 spiro atoms. The van der Waals surface area contributed by atoms with E-state index in [9.17, 15) is 9.90 Å². The van der Waals surface area contributed by atoms with Gasteiger partial charge in [0, 0.05) is 24.9 Å². The van der Waals surface area contributed by atoms with Crippen LogP contribution in [-0.4, -0.2) is 36.4 Å². The minimum absolute atomic E-state index is 0.460. The van der Waals surface area contributed by atoms with Gasteiger partial charge in [-0.25, -0.2) is 4.98 Å². The molecule has 5 nitrogen and oxygen atoms in total. The van der Waals surface area contributed by atoms with Gasteiger partial charge in [0.25, 0.3) is 0 Å². The van der Waals surface area contributed by atoms with E-state index in [2.05, 4.69) is 4.98 Å². The lowest BCUT2D eigenvalue weighted by Gasteiger charge is -2.19. The molecular weight excluding hydrogens is 294 g/mol. The molecule has 1 N–H and O–H groups in total. The van der Waals surface area contributed by atoms with Gasteiger partial charge in [-0.3, -0.25) is 4.79 Å². The summed E-state index contributed by atoms with van der Waals surface area (Å²) in [5.74, 6) is -0.293. The van der Waals surface area contributed by atoms with Gasteiger partial charge in [-0.1, -0.05) is 24.3 Å². The first-order valence-corrected chi connectivity index (χ1v) is 7.37. The number of benzene rings is 1. The third-order valence-corrected chi connectivity index (χ3v) is 3.75. The molecule has 0 bridgehead atoms. The van der Waals surface area contributed by atoms with Crippen LogP contribution in [0.3, 0.4) is 0 Å². The molecule has 0 atom stereocenters. The van der Waals surface area contributed by atoms with Gasteiger partial charge in [0.2, 0.25) is 5.88 Å². The fourth-order valence-corrected chi connectivity index (χ4v) is 2.07. The van der Waals surface area contributed by atoms with Crippen molar-refractivity contribution in [2.24, 2.45) is 0 Å². The molecule has 5 heteroatoms. The van der Waals surface area contributed by atoms with Crippen molar-refractivity contribution >= 4 is 5.97 Å². The molecule has 23 heavy (non-hydrogen) atoms. The quantitative estimate of drug-likeness (QED) is 0.795. The van der Waals surface area contributed by atoms with Gasteiger partial charge in [-0.05, 0) is 31.0 Å². The number of hydrogen-bond donors (Lipinski definition) is 1. The Balaban J connectivity index is 2.12. The monoisotopic (exact) mass is 315 g/mol. The molecular formula is C18H21NO4. The maximum absolute atomic E-state index is 11.3. The summed E-state index contributed by atoms with van der Waals surface area (Å²) in [4.78, 5) is 15.5. The Labute approximate surface area is 135 Å². The lowest BCUT2D eigenvalue weighted by Crippen LogP contribution is -2.28. The number of aromatic nitrogens is 1. The molecule has 1 aromatic heterocycles. The number of carboxylic acid groups (broad SMARTS) is 1. The van der Waals surface area contributed by atoms with Gasteiger partial charge in [0.15, 0.2) is 0 Å². The second kappa shape index (κ2) is 7.24. The molecule has 0 unspecified atom stereocenters. The molecule has 0 saturated heterocycles. The molecule has 122 valence electrons. The third kappa shape index (κ3) is 4.07. The summed E-state index contributed by atoms with van der Waals surface area (Å²) >= 11 is 0. The Morgan fingerprint density at radius 3 is 2.26 bits per heavy atom. The highest BCUT2D eigenvalue weighted by Crippen LogP contribution is 2.27. The van der Waals surface area contributed by atoms with Crippen molar-refractivity contribution in [2.45, 2.75) is 19.3 Å². The van der Waals surface area contributed by atoms with Crippen molar-refractivity contribution in [1.29, 1.82) is 0 Å². The van der Waals surface area contributed by atoms with E-state index in [4.69, 9.17) is 9.47 Å². The van der Waals surface area contributed by atoms with Gasteiger partial charge in [-0.2, -0.15) is 0 Å². The molecule has 0 aliphatic heterocycles. The molecule has 2 aromatic rings. The summed E-state index contributed by atoms with van der Waals surface area (Å²) in [7, 11) is 1.62. The number of rotatable bonds is 7. The number of hydrogen-bond acceptors (Lipinski definition) is 4. The lowest BCUT2D eigenvalue weighted by atomic mass is 9.84. The standard InChI is InChI=1S/C18H21NO4/c1-18(2,17(20)21)15-7-4-13(5-8-15)14-6-9-16(19-12-14)23-11-10-22-3/h4-9,12H,10-11H2,1-3H3,(H,20,21). The summed E-state index contributed by atoms with van der Waals surface area (Å²) in [5.41, 5.74) is 1.78. The molecule has 1 heterocycles. The molecule has 0 aliphatic rings. The number of carboxylic acids is 1. The van der Waals surface area contributed by atoms with E-state index in [0.717, 1.165) is 16.7 Å². The first kappa shape index (κ1) is 17.0.